The molecule has 1 amide bonds. The van der Waals surface area contributed by atoms with E-state index in [1.54, 1.807) is 0 Å². The molecule has 0 saturated carbocycles. The molecular weight excluding hydrogens is 324 g/mol. The normalized spacial score (nSPS) is 15.2. The molecule has 1 aliphatic heterocycles. The second-order valence-corrected chi connectivity index (χ2v) is 7.87. The van der Waals surface area contributed by atoms with Gasteiger partial charge in [0.05, 0.1) is 17.6 Å². The number of nitrogens with zero attached hydrogens (tertiary/aromatic N) is 3. The summed E-state index contributed by atoms with van der Waals surface area (Å²) in [4.78, 5) is 19.5. The summed E-state index contributed by atoms with van der Waals surface area (Å²) in [6.45, 7) is 10.6. The van der Waals surface area contributed by atoms with E-state index in [1.165, 1.54) is 37.9 Å². The average molecular weight is 357 g/mol. The van der Waals surface area contributed by atoms with Gasteiger partial charge >= 0.3 is 0 Å². The maximum Gasteiger partial charge on any atom is 0.224 e. The third kappa shape index (κ3) is 4.64. The first-order valence-corrected chi connectivity index (χ1v) is 10.1. The van der Waals surface area contributed by atoms with E-state index in [0.29, 0.717) is 12.3 Å². The molecule has 0 bridgehead atoms. The van der Waals surface area contributed by atoms with Gasteiger partial charge in [-0.3, -0.25) is 9.69 Å². The smallest absolute Gasteiger partial charge is 0.224 e. The van der Waals surface area contributed by atoms with Gasteiger partial charge in [-0.1, -0.05) is 27.2 Å². The van der Waals surface area contributed by atoms with E-state index in [2.05, 4.69) is 41.6 Å². The molecule has 3 rings (SSSR count). The van der Waals surface area contributed by atoms with Crippen molar-refractivity contribution in [3.05, 3.63) is 24.0 Å². The van der Waals surface area contributed by atoms with Crippen molar-refractivity contribution in [3.8, 4) is 0 Å². The SMILES string of the molecule is CCCCn1c(CN2CCCC2)nc2cc(NC(=O)CC(C)C)ccc21. The van der Waals surface area contributed by atoms with Crippen LogP contribution in [0.1, 0.15) is 58.7 Å². The van der Waals surface area contributed by atoms with Gasteiger partial charge < -0.3 is 9.88 Å². The second-order valence-electron chi connectivity index (χ2n) is 7.87. The summed E-state index contributed by atoms with van der Waals surface area (Å²) in [6, 6.07) is 6.13. The number of fused-ring (bicyclic) bond motifs is 1. The number of imidazole rings is 1. The first kappa shape index (κ1) is 18.9. The number of carbonyl (C=O) groups excluding carboxylic acids is 1. The van der Waals surface area contributed by atoms with Crippen LogP contribution in [-0.2, 0) is 17.9 Å². The van der Waals surface area contributed by atoms with Crippen molar-refractivity contribution in [1.29, 1.82) is 0 Å². The van der Waals surface area contributed by atoms with Crippen molar-refractivity contribution in [1.82, 2.24) is 14.5 Å². The molecule has 142 valence electrons. The van der Waals surface area contributed by atoms with Gasteiger partial charge in [-0.25, -0.2) is 4.98 Å². The van der Waals surface area contributed by atoms with Crippen LogP contribution in [0, 0.1) is 5.92 Å². The molecule has 1 aromatic carbocycles. The fraction of sp³-hybridized carbons (Fsp3) is 0.619. The summed E-state index contributed by atoms with van der Waals surface area (Å²) < 4.78 is 2.37. The number of amides is 1. The lowest BCUT2D eigenvalue weighted by Gasteiger charge is -2.15. The quantitative estimate of drug-likeness (QED) is 0.762. The number of likely N-dealkylation sites (tertiary alicyclic amines) is 1. The van der Waals surface area contributed by atoms with Crippen LogP contribution in [0.3, 0.4) is 0 Å². The molecular formula is C21H32N4O. The van der Waals surface area contributed by atoms with Crippen LogP contribution in [0.2, 0.25) is 0 Å². The Hall–Kier alpha value is -1.88. The molecule has 5 nitrogen and oxygen atoms in total. The highest BCUT2D eigenvalue weighted by Gasteiger charge is 2.17. The van der Waals surface area contributed by atoms with Crippen molar-refractivity contribution in [3.63, 3.8) is 0 Å². The average Bonchev–Trinajstić information content (AvgIpc) is 3.19. The molecule has 2 aromatic rings. The summed E-state index contributed by atoms with van der Waals surface area (Å²) in [6.07, 6.45) is 5.46. The van der Waals surface area contributed by atoms with E-state index in [9.17, 15) is 4.79 Å². The van der Waals surface area contributed by atoms with E-state index < -0.39 is 0 Å². The Balaban J connectivity index is 1.84. The number of rotatable bonds is 8. The third-order valence-corrected chi connectivity index (χ3v) is 5.00. The minimum Gasteiger partial charge on any atom is -0.327 e. The Labute approximate surface area is 156 Å². The maximum atomic E-state index is 12.1. The highest BCUT2D eigenvalue weighted by atomic mass is 16.1. The Morgan fingerprint density at radius 1 is 1.27 bits per heavy atom. The number of aryl methyl sites for hydroxylation is 1. The van der Waals surface area contributed by atoms with Crippen LogP contribution in [0.4, 0.5) is 5.69 Å². The molecule has 0 atom stereocenters. The molecule has 1 fully saturated rings. The Morgan fingerprint density at radius 3 is 2.73 bits per heavy atom. The molecule has 5 heteroatoms. The van der Waals surface area contributed by atoms with Crippen LogP contribution in [0.5, 0.6) is 0 Å². The van der Waals surface area contributed by atoms with Crippen LogP contribution >= 0.6 is 0 Å². The summed E-state index contributed by atoms with van der Waals surface area (Å²) in [5.41, 5.74) is 3.00. The lowest BCUT2D eigenvalue weighted by molar-refractivity contribution is -0.116. The molecule has 0 aliphatic carbocycles. The van der Waals surface area contributed by atoms with E-state index in [1.807, 2.05) is 12.1 Å². The van der Waals surface area contributed by atoms with Crippen molar-refractivity contribution >= 4 is 22.6 Å². The van der Waals surface area contributed by atoms with Crippen LogP contribution in [0.25, 0.3) is 11.0 Å². The zero-order valence-electron chi connectivity index (χ0n) is 16.4. The fourth-order valence-corrected chi connectivity index (χ4v) is 3.67. The number of hydrogen-bond acceptors (Lipinski definition) is 3. The van der Waals surface area contributed by atoms with Gasteiger partial charge in [-0.2, -0.15) is 0 Å². The van der Waals surface area contributed by atoms with Crippen LogP contribution < -0.4 is 5.32 Å². The standard InChI is InChI=1S/C21H32N4O/c1-4-5-12-25-19-9-8-17(22-21(26)13-16(2)3)14-18(19)23-20(25)15-24-10-6-7-11-24/h8-9,14,16H,4-7,10-13,15H2,1-3H3,(H,22,26). The number of nitrogens with one attached hydrogen (secondary N) is 1. The van der Waals surface area contributed by atoms with Gasteiger partial charge in [0, 0.05) is 18.7 Å². The zero-order valence-corrected chi connectivity index (χ0v) is 16.4. The lowest BCUT2D eigenvalue weighted by atomic mass is 10.1. The highest BCUT2D eigenvalue weighted by molar-refractivity contribution is 5.93. The van der Waals surface area contributed by atoms with E-state index in [0.717, 1.165) is 36.5 Å². The Kier molecular flexibility index (Phi) is 6.30. The minimum absolute atomic E-state index is 0.0713. The number of hydrogen-bond donors (Lipinski definition) is 1. The van der Waals surface area contributed by atoms with Gasteiger partial charge in [0.15, 0.2) is 0 Å². The molecule has 2 heterocycles. The van der Waals surface area contributed by atoms with Gasteiger partial charge in [0.2, 0.25) is 5.91 Å². The topological polar surface area (TPSA) is 50.2 Å². The minimum atomic E-state index is 0.0713. The summed E-state index contributed by atoms with van der Waals surface area (Å²) in [5.74, 6) is 1.59. The van der Waals surface area contributed by atoms with Gasteiger partial charge in [0.25, 0.3) is 0 Å². The van der Waals surface area contributed by atoms with Gasteiger partial charge in [-0.15, -0.1) is 0 Å². The largest absolute Gasteiger partial charge is 0.327 e. The van der Waals surface area contributed by atoms with Gasteiger partial charge in [0.1, 0.15) is 5.82 Å². The molecule has 1 N–H and O–H groups in total. The summed E-state index contributed by atoms with van der Waals surface area (Å²) >= 11 is 0. The van der Waals surface area contributed by atoms with Crippen molar-refractivity contribution in [2.45, 2.75) is 66.0 Å². The lowest BCUT2D eigenvalue weighted by Crippen LogP contribution is -2.21. The molecule has 1 aromatic heterocycles. The van der Waals surface area contributed by atoms with E-state index in [-0.39, 0.29) is 5.91 Å². The Morgan fingerprint density at radius 2 is 2.04 bits per heavy atom. The van der Waals surface area contributed by atoms with Crippen molar-refractivity contribution in [2.24, 2.45) is 5.92 Å². The number of benzene rings is 1. The third-order valence-electron chi connectivity index (χ3n) is 5.00. The molecule has 26 heavy (non-hydrogen) atoms. The summed E-state index contributed by atoms with van der Waals surface area (Å²) in [5, 5.41) is 3.01. The molecule has 1 aliphatic rings. The Bertz CT molecular complexity index is 744. The first-order valence-electron chi connectivity index (χ1n) is 10.1. The molecule has 1 saturated heterocycles. The zero-order chi connectivity index (χ0) is 18.5. The first-order chi connectivity index (χ1) is 12.6. The van der Waals surface area contributed by atoms with Crippen molar-refractivity contribution < 1.29 is 4.79 Å². The van der Waals surface area contributed by atoms with Gasteiger partial charge in [-0.05, 0) is 56.5 Å². The van der Waals surface area contributed by atoms with Crippen LogP contribution in [0.15, 0.2) is 18.2 Å². The predicted octanol–water partition coefficient (Wildman–Crippen LogP) is 4.42. The monoisotopic (exact) mass is 356 g/mol. The molecule has 0 radical (unpaired) electrons. The second kappa shape index (κ2) is 8.67. The number of anilines is 1. The highest BCUT2D eigenvalue weighted by Crippen LogP contribution is 2.23. The molecule has 0 spiro atoms. The van der Waals surface area contributed by atoms with E-state index >= 15 is 0 Å². The number of unbranched alkanes of at least 4 members (excludes halogenated alkanes) is 1. The maximum absolute atomic E-state index is 12.1. The predicted molar refractivity (Wildman–Crippen MR) is 107 cm³/mol. The van der Waals surface area contributed by atoms with Crippen LogP contribution in [-0.4, -0.2) is 33.4 Å². The van der Waals surface area contributed by atoms with E-state index in [4.69, 9.17) is 4.98 Å². The number of aromatic nitrogens is 2. The molecule has 0 unspecified atom stereocenters. The summed E-state index contributed by atoms with van der Waals surface area (Å²) in [7, 11) is 0. The van der Waals surface area contributed by atoms with Crippen molar-refractivity contribution in [2.75, 3.05) is 18.4 Å². The number of carbonyl (C=O) groups is 1. The fourth-order valence-electron chi connectivity index (χ4n) is 3.67.